The van der Waals surface area contributed by atoms with Crippen LogP contribution in [0, 0.1) is 5.92 Å². The Balaban J connectivity index is 1.74. The second kappa shape index (κ2) is 8.86. The van der Waals surface area contributed by atoms with Crippen LogP contribution in [0.15, 0.2) is 53.3 Å². The van der Waals surface area contributed by atoms with Crippen molar-refractivity contribution >= 4 is 11.8 Å². The van der Waals surface area contributed by atoms with Crippen LogP contribution in [0.5, 0.6) is 0 Å². The maximum atomic E-state index is 12.7. The van der Waals surface area contributed by atoms with E-state index in [9.17, 15) is 9.59 Å². The van der Waals surface area contributed by atoms with E-state index in [1.165, 1.54) is 12.5 Å². The number of carbonyl (C=O) groups excluding carboxylic acids is 2. The van der Waals surface area contributed by atoms with Crippen molar-refractivity contribution in [2.24, 2.45) is 5.92 Å². The maximum Gasteiger partial charge on any atom is 0.257 e. The summed E-state index contributed by atoms with van der Waals surface area (Å²) in [5.41, 5.74) is 1.51. The van der Waals surface area contributed by atoms with E-state index in [0.29, 0.717) is 37.7 Å². The molecule has 0 unspecified atom stereocenters. The minimum Gasteiger partial charge on any atom is -0.472 e. The topological polar surface area (TPSA) is 63.0 Å². The quantitative estimate of drug-likeness (QED) is 0.784. The second-order valence-corrected chi connectivity index (χ2v) is 7.31. The molecule has 1 saturated heterocycles. The molecular formula is C21H26N2O4. The summed E-state index contributed by atoms with van der Waals surface area (Å²) in [6.07, 6.45) is 2.62. The van der Waals surface area contributed by atoms with Gasteiger partial charge in [-0.2, -0.15) is 0 Å². The molecule has 2 aromatic rings. The zero-order chi connectivity index (χ0) is 19.2. The summed E-state index contributed by atoms with van der Waals surface area (Å²) in [4.78, 5) is 28.8. The highest BCUT2D eigenvalue weighted by molar-refractivity contribution is 5.96. The summed E-state index contributed by atoms with van der Waals surface area (Å²) in [5.74, 6) is 0.0861. The maximum absolute atomic E-state index is 12.7. The van der Waals surface area contributed by atoms with Crippen molar-refractivity contribution in [2.45, 2.75) is 26.6 Å². The van der Waals surface area contributed by atoms with Gasteiger partial charge in [0.2, 0.25) is 5.91 Å². The highest BCUT2D eigenvalue weighted by atomic mass is 16.5. The molecule has 0 saturated carbocycles. The van der Waals surface area contributed by atoms with Crippen LogP contribution in [-0.2, 0) is 16.1 Å². The van der Waals surface area contributed by atoms with Crippen LogP contribution in [0.2, 0.25) is 0 Å². The van der Waals surface area contributed by atoms with Gasteiger partial charge >= 0.3 is 0 Å². The standard InChI is InChI=1S/C21H26N2O4/c1-16(2)10-22-11-19(27-14-17-6-4-3-5-7-17)12-23(13-20(22)24)21(25)18-8-9-26-15-18/h3-9,15-16,19H,10-14H2,1-2H3/t19-/m0/s1. The Morgan fingerprint density at radius 1 is 1.22 bits per heavy atom. The summed E-state index contributed by atoms with van der Waals surface area (Å²) in [6.45, 7) is 6.16. The molecule has 6 heteroatoms. The lowest BCUT2D eigenvalue weighted by Gasteiger charge is -2.26. The fourth-order valence-corrected chi connectivity index (χ4v) is 3.21. The van der Waals surface area contributed by atoms with Crippen LogP contribution in [0.1, 0.15) is 29.8 Å². The van der Waals surface area contributed by atoms with E-state index >= 15 is 0 Å². The van der Waals surface area contributed by atoms with Crippen molar-refractivity contribution in [1.29, 1.82) is 0 Å². The molecule has 1 aliphatic heterocycles. The van der Waals surface area contributed by atoms with Crippen molar-refractivity contribution in [3.05, 3.63) is 60.1 Å². The number of nitrogens with zero attached hydrogens (tertiary/aromatic N) is 2. The molecule has 2 heterocycles. The molecule has 0 N–H and O–H groups in total. The largest absolute Gasteiger partial charge is 0.472 e. The molecule has 1 fully saturated rings. The van der Waals surface area contributed by atoms with E-state index in [-0.39, 0.29) is 24.5 Å². The smallest absolute Gasteiger partial charge is 0.257 e. The average molecular weight is 370 g/mol. The summed E-state index contributed by atoms with van der Waals surface area (Å²) < 4.78 is 11.1. The van der Waals surface area contributed by atoms with E-state index in [2.05, 4.69) is 13.8 Å². The monoisotopic (exact) mass is 370 g/mol. The van der Waals surface area contributed by atoms with Gasteiger partial charge in [0.05, 0.1) is 24.5 Å². The Morgan fingerprint density at radius 3 is 2.67 bits per heavy atom. The molecule has 2 amide bonds. The van der Waals surface area contributed by atoms with Gasteiger partial charge in [0.15, 0.2) is 0 Å². The van der Waals surface area contributed by atoms with Crippen molar-refractivity contribution < 1.29 is 18.7 Å². The summed E-state index contributed by atoms with van der Waals surface area (Å²) in [6, 6.07) is 11.5. The zero-order valence-electron chi connectivity index (χ0n) is 15.8. The molecule has 3 rings (SSSR count). The van der Waals surface area contributed by atoms with Gasteiger partial charge in [-0.15, -0.1) is 0 Å². The summed E-state index contributed by atoms with van der Waals surface area (Å²) in [7, 11) is 0. The van der Waals surface area contributed by atoms with E-state index in [4.69, 9.17) is 9.15 Å². The average Bonchev–Trinajstić information content (AvgIpc) is 3.14. The van der Waals surface area contributed by atoms with Crippen molar-refractivity contribution in [2.75, 3.05) is 26.2 Å². The number of hydrogen-bond donors (Lipinski definition) is 0. The Hall–Kier alpha value is -2.60. The molecule has 1 aromatic heterocycles. The van der Waals surface area contributed by atoms with Gasteiger partial charge in [-0.25, -0.2) is 0 Å². The first kappa shape index (κ1) is 19.2. The van der Waals surface area contributed by atoms with E-state index < -0.39 is 0 Å². The minimum atomic E-state index is -0.244. The lowest BCUT2D eigenvalue weighted by atomic mass is 10.2. The molecule has 0 spiro atoms. The van der Waals surface area contributed by atoms with Crippen LogP contribution >= 0.6 is 0 Å². The number of hydrogen-bond acceptors (Lipinski definition) is 4. The van der Waals surface area contributed by atoms with Gasteiger partial charge in [0, 0.05) is 19.6 Å². The van der Waals surface area contributed by atoms with Crippen LogP contribution in [-0.4, -0.2) is 53.9 Å². The number of furan rings is 1. The van der Waals surface area contributed by atoms with Crippen LogP contribution < -0.4 is 0 Å². The van der Waals surface area contributed by atoms with Gasteiger partial charge in [0.25, 0.3) is 5.91 Å². The van der Waals surface area contributed by atoms with E-state index in [1.807, 2.05) is 35.2 Å². The number of amides is 2. The lowest BCUT2D eigenvalue weighted by molar-refractivity contribution is -0.132. The fourth-order valence-electron chi connectivity index (χ4n) is 3.21. The number of benzene rings is 1. The molecule has 1 aliphatic rings. The Kier molecular flexibility index (Phi) is 6.29. The number of rotatable bonds is 6. The molecule has 1 aromatic carbocycles. The Morgan fingerprint density at radius 2 is 2.00 bits per heavy atom. The SMILES string of the molecule is CC(C)CN1C[C@H](OCc2ccccc2)CN(C(=O)c2ccoc2)CC1=O. The van der Waals surface area contributed by atoms with Gasteiger partial charge in [-0.3, -0.25) is 9.59 Å². The van der Waals surface area contributed by atoms with E-state index in [1.54, 1.807) is 11.0 Å². The highest BCUT2D eigenvalue weighted by Gasteiger charge is 2.31. The van der Waals surface area contributed by atoms with Gasteiger partial charge in [-0.05, 0) is 17.5 Å². The predicted molar refractivity (Wildman–Crippen MR) is 101 cm³/mol. The van der Waals surface area contributed by atoms with Crippen LogP contribution in [0.4, 0.5) is 0 Å². The molecule has 6 nitrogen and oxygen atoms in total. The predicted octanol–water partition coefficient (Wildman–Crippen LogP) is 2.81. The molecule has 1 atom stereocenters. The first-order valence-corrected chi connectivity index (χ1v) is 9.27. The number of ether oxygens (including phenoxy) is 1. The summed E-state index contributed by atoms with van der Waals surface area (Å²) in [5, 5.41) is 0. The Labute approximate surface area is 159 Å². The Bertz CT molecular complexity index is 743. The lowest BCUT2D eigenvalue weighted by Crippen LogP contribution is -2.40. The first-order chi connectivity index (χ1) is 13.0. The number of carbonyl (C=O) groups is 2. The van der Waals surface area contributed by atoms with Gasteiger partial charge in [0.1, 0.15) is 12.8 Å². The van der Waals surface area contributed by atoms with E-state index in [0.717, 1.165) is 5.56 Å². The van der Waals surface area contributed by atoms with Crippen LogP contribution in [0.3, 0.4) is 0 Å². The molecule has 144 valence electrons. The first-order valence-electron chi connectivity index (χ1n) is 9.27. The zero-order valence-corrected chi connectivity index (χ0v) is 15.8. The third-order valence-corrected chi connectivity index (χ3v) is 4.50. The summed E-state index contributed by atoms with van der Waals surface area (Å²) >= 11 is 0. The molecule has 0 aliphatic carbocycles. The molecule has 0 radical (unpaired) electrons. The molecule has 0 bridgehead atoms. The van der Waals surface area contributed by atoms with Crippen molar-refractivity contribution in [3.8, 4) is 0 Å². The van der Waals surface area contributed by atoms with Gasteiger partial charge < -0.3 is 19.0 Å². The second-order valence-electron chi connectivity index (χ2n) is 7.31. The molecular weight excluding hydrogens is 344 g/mol. The van der Waals surface area contributed by atoms with Crippen molar-refractivity contribution in [3.63, 3.8) is 0 Å². The molecule has 27 heavy (non-hydrogen) atoms. The minimum absolute atomic E-state index is 0.0497. The van der Waals surface area contributed by atoms with Gasteiger partial charge in [-0.1, -0.05) is 44.2 Å². The highest BCUT2D eigenvalue weighted by Crippen LogP contribution is 2.15. The van der Waals surface area contributed by atoms with Crippen molar-refractivity contribution in [1.82, 2.24) is 9.80 Å². The fraction of sp³-hybridized carbons (Fsp3) is 0.429. The van der Waals surface area contributed by atoms with Crippen LogP contribution in [0.25, 0.3) is 0 Å². The third-order valence-electron chi connectivity index (χ3n) is 4.50. The third kappa shape index (κ3) is 5.20. The normalized spacial score (nSPS) is 18.0.